The number of nitrogens with one attached hydrogen (secondary N) is 1. The molecule has 1 amide bonds. The van der Waals surface area contributed by atoms with Gasteiger partial charge in [-0.25, -0.2) is 14.4 Å². The van der Waals surface area contributed by atoms with Crippen molar-refractivity contribution in [3.8, 4) is 40.5 Å². The highest BCUT2D eigenvalue weighted by Gasteiger charge is 2.32. The molecule has 1 aromatic carbocycles. The Bertz CT molecular complexity index is 1330. The fourth-order valence-corrected chi connectivity index (χ4v) is 3.63. The Kier molecular flexibility index (Phi) is 4.92. The summed E-state index contributed by atoms with van der Waals surface area (Å²) in [4.78, 5) is 21.2. The molecule has 33 heavy (non-hydrogen) atoms. The van der Waals surface area contributed by atoms with Gasteiger partial charge in [0.15, 0.2) is 11.5 Å². The average molecular weight is 452 g/mol. The number of H-pyrrole nitrogens is 1. The molecule has 0 spiro atoms. The average Bonchev–Trinajstić information content (AvgIpc) is 3.43. The third kappa shape index (κ3) is 3.83. The Morgan fingerprint density at radius 2 is 2.21 bits per heavy atom. The fraction of sp³-hybridized carbons (Fsp3) is 0.364. The number of nitrogens with zero attached hydrogens (tertiary/aromatic N) is 4. The molecule has 1 fully saturated rings. The second kappa shape index (κ2) is 7.68. The lowest BCUT2D eigenvalue weighted by atomic mass is 10.1. The molecule has 3 heterocycles. The van der Waals surface area contributed by atoms with Gasteiger partial charge in [-0.15, -0.1) is 0 Å². The van der Waals surface area contributed by atoms with E-state index in [9.17, 15) is 19.4 Å². The number of hydrogen-bond acceptors (Lipinski definition) is 7. The van der Waals surface area contributed by atoms with Gasteiger partial charge in [0.2, 0.25) is 0 Å². The normalized spacial score (nSPS) is 16.5. The molecule has 0 saturated heterocycles. The Morgan fingerprint density at radius 3 is 2.91 bits per heavy atom. The predicted molar refractivity (Wildman–Crippen MR) is 114 cm³/mol. The van der Waals surface area contributed by atoms with Crippen LogP contribution in [0.1, 0.15) is 47.6 Å². The molecule has 10 nitrogen and oxygen atoms in total. The maximum Gasteiger partial charge on any atom is 0.269 e. The van der Waals surface area contributed by atoms with Gasteiger partial charge < -0.3 is 25.3 Å². The standard InChI is InChI=1S/C22H21FN6O4/c1-22(32,10-30)5-4-12-8-13-15(9-14(12)23)33-7-6-29-17(16(18(24)31)25-21(13)29)20-26-19(27-28-20)11-2-3-11/h8-9,11,30,32H,2-3,6-7,10H2,1H3,(H2,24,31)(H,26,27,28). The maximum atomic E-state index is 14.7. The zero-order chi connectivity index (χ0) is 23.3. The Morgan fingerprint density at radius 1 is 1.42 bits per heavy atom. The van der Waals surface area contributed by atoms with Crippen LogP contribution in [0.2, 0.25) is 0 Å². The molecule has 11 heteroatoms. The van der Waals surface area contributed by atoms with E-state index < -0.39 is 23.9 Å². The minimum absolute atomic E-state index is 0.000583. The monoisotopic (exact) mass is 452 g/mol. The van der Waals surface area contributed by atoms with E-state index in [1.165, 1.54) is 19.1 Å². The molecular weight excluding hydrogens is 431 g/mol. The fourth-order valence-electron chi connectivity index (χ4n) is 3.63. The molecule has 0 bridgehead atoms. The molecule has 2 aromatic heterocycles. The van der Waals surface area contributed by atoms with Gasteiger partial charge in [0.1, 0.15) is 41.1 Å². The molecule has 5 rings (SSSR count). The van der Waals surface area contributed by atoms with E-state index in [1.807, 2.05) is 0 Å². The van der Waals surface area contributed by atoms with Crippen molar-refractivity contribution >= 4 is 5.91 Å². The van der Waals surface area contributed by atoms with Crippen LogP contribution in [0.15, 0.2) is 12.1 Å². The second-order valence-electron chi connectivity index (χ2n) is 8.33. The number of benzene rings is 1. The van der Waals surface area contributed by atoms with Crippen molar-refractivity contribution in [3.05, 3.63) is 35.0 Å². The number of aliphatic hydroxyl groups excluding tert-OH is 1. The van der Waals surface area contributed by atoms with Crippen LogP contribution in [0.5, 0.6) is 5.75 Å². The number of halogens is 1. The highest BCUT2D eigenvalue weighted by Crippen LogP contribution is 2.40. The van der Waals surface area contributed by atoms with Crippen molar-refractivity contribution < 1.29 is 24.1 Å². The van der Waals surface area contributed by atoms with Crippen LogP contribution in [-0.2, 0) is 6.54 Å². The summed E-state index contributed by atoms with van der Waals surface area (Å²) in [5.41, 5.74) is 4.66. The van der Waals surface area contributed by atoms with Gasteiger partial charge in [0, 0.05) is 12.0 Å². The summed E-state index contributed by atoms with van der Waals surface area (Å²) in [5, 5.41) is 26.3. The van der Waals surface area contributed by atoms with Gasteiger partial charge in [0.25, 0.3) is 5.91 Å². The topological polar surface area (TPSA) is 152 Å². The maximum absolute atomic E-state index is 14.7. The molecule has 1 unspecified atom stereocenters. The van der Waals surface area contributed by atoms with Crippen LogP contribution in [0.3, 0.4) is 0 Å². The van der Waals surface area contributed by atoms with E-state index in [2.05, 4.69) is 32.0 Å². The number of carbonyl (C=O) groups excluding carboxylic acids is 1. The first-order chi connectivity index (χ1) is 15.8. The number of primary amides is 1. The van der Waals surface area contributed by atoms with Gasteiger partial charge in [0.05, 0.1) is 24.3 Å². The van der Waals surface area contributed by atoms with Crippen molar-refractivity contribution in [3.63, 3.8) is 0 Å². The molecule has 1 saturated carbocycles. The Labute approximate surface area is 187 Å². The number of carbonyl (C=O) groups is 1. The minimum atomic E-state index is -1.69. The first kappa shape index (κ1) is 21.1. The number of nitrogens with two attached hydrogens (primary N) is 1. The summed E-state index contributed by atoms with van der Waals surface area (Å²) in [7, 11) is 0. The summed E-state index contributed by atoms with van der Waals surface area (Å²) >= 11 is 0. The molecule has 0 radical (unpaired) electrons. The lowest BCUT2D eigenvalue weighted by Gasteiger charge is -2.11. The lowest BCUT2D eigenvalue weighted by molar-refractivity contribution is 0.0518. The van der Waals surface area contributed by atoms with Gasteiger partial charge in [-0.2, -0.15) is 5.10 Å². The molecule has 1 atom stereocenters. The van der Waals surface area contributed by atoms with Gasteiger partial charge in [-0.1, -0.05) is 11.8 Å². The van der Waals surface area contributed by atoms with E-state index in [4.69, 9.17) is 10.5 Å². The minimum Gasteiger partial charge on any atom is -0.491 e. The van der Waals surface area contributed by atoms with Crippen LogP contribution in [-0.4, -0.2) is 59.7 Å². The van der Waals surface area contributed by atoms with Crippen LogP contribution in [0.4, 0.5) is 4.39 Å². The SMILES string of the molecule is CC(O)(C#Cc1cc2c(cc1F)OCCn1c-2nc(C(N)=O)c1-c1n[nH]c(C2CC2)n1)CO. The molecule has 1 aliphatic carbocycles. The van der Waals surface area contributed by atoms with E-state index >= 15 is 0 Å². The summed E-state index contributed by atoms with van der Waals surface area (Å²) in [5.74, 6) is 5.54. The third-order valence-electron chi connectivity index (χ3n) is 5.54. The van der Waals surface area contributed by atoms with Gasteiger partial charge >= 0.3 is 0 Å². The van der Waals surface area contributed by atoms with Crippen molar-refractivity contribution in [1.29, 1.82) is 0 Å². The predicted octanol–water partition coefficient (Wildman–Crippen LogP) is 0.938. The Balaban J connectivity index is 1.67. The van der Waals surface area contributed by atoms with E-state index in [-0.39, 0.29) is 23.6 Å². The summed E-state index contributed by atoms with van der Waals surface area (Å²) in [6, 6.07) is 2.61. The number of hydrogen-bond donors (Lipinski definition) is 4. The quantitative estimate of drug-likeness (QED) is 0.430. The Hall–Kier alpha value is -3.75. The molecule has 3 aromatic rings. The zero-order valence-corrected chi connectivity index (χ0v) is 17.7. The van der Waals surface area contributed by atoms with Crippen molar-refractivity contribution in [2.45, 2.75) is 37.8 Å². The number of amides is 1. The number of aliphatic hydroxyl groups is 2. The zero-order valence-electron chi connectivity index (χ0n) is 17.7. The number of aromatic nitrogens is 5. The summed E-state index contributed by atoms with van der Waals surface area (Å²) in [6.45, 7) is 1.19. The van der Waals surface area contributed by atoms with E-state index in [0.717, 1.165) is 18.7 Å². The number of fused-ring (bicyclic) bond motifs is 3. The van der Waals surface area contributed by atoms with E-state index in [0.29, 0.717) is 35.4 Å². The van der Waals surface area contributed by atoms with Gasteiger partial charge in [-0.3, -0.25) is 9.89 Å². The number of aromatic amines is 1. The van der Waals surface area contributed by atoms with Crippen LogP contribution >= 0.6 is 0 Å². The van der Waals surface area contributed by atoms with Crippen molar-refractivity contribution in [2.75, 3.05) is 13.2 Å². The lowest BCUT2D eigenvalue weighted by Crippen LogP contribution is -2.26. The number of ether oxygens (including phenoxy) is 1. The van der Waals surface area contributed by atoms with Crippen molar-refractivity contribution in [2.24, 2.45) is 5.73 Å². The summed E-state index contributed by atoms with van der Waals surface area (Å²) < 4.78 is 22.1. The van der Waals surface area contributed by atoms with Crippen LogP contribution < -0.4 is 10.5 Å². The molecular formula is C22H21FN6O4. The second-order valence-corrected chi connectivity index (χ2v) is 8.33. The van der Waals surface area contributed by atoms with Crippen molar-refractivity contribution in [1.82, 2.24) is 24.7 Å². The molecule has 1 aliphatic heterocycles. The summed E-state index contributed by atoms with van der Waals surface area (Å²) in [6.07, 6.45) is 2.06. The molecule has 5 N–H and O–H groups in total. The van der Waals surface area contributed by atoms with Crippen LogP contribution in [0.25, 0.3) is 22.9 Å². The smallest absolute Gasteiger partial charge is 0.269 e. The largest absolute Gasteiger partial charge is 0.491 e. The highest BCUT2D eigenvalue weighted by atomic mass is 19.1. The third-order valence-corrected chi connectivity index (χ3v) is 5.54. The highest BCUT2D eigenvalue weighted by molar-refractivity contribution is 5.97. The first-order valence-corrected chi connectivity index (χ1v) is 10.4. The van der Waals surface area contributed by atoms with Gasteiger partial charge in [-0.05, 0) is 25.8 Å². The molecule has 2 aliphatic rings. The number of imidazole rings is 1. The number of rotatable bonds is 4. The van der Waals surface area contributed by atoms with E-state index in [1.54, 1.807) is 4.57 Å². The molecule has 170 valence electrons. The first-order valence-electron chi connectivity index (χ1n) is 10.4. The van der Waals surface area contributed by atoms with Crippen LogP contribution in [0, 0.1) is 17.7 Å².